The lowest BCUT2D eigenvalue weighted by molar-refractivity contribution is -0.168. The van der Waals surface area contributed by atoms with Crippen LogP contribution < -0.4 is 4.90 Å². The van der Waals surface area contributed by atoms with E-state index in [1.165, 1.54) is 18.5 Å². The van der Waals surface area contributed by atoms with Gasteiger partial charge >= 0.3 is 6.18 Å². The van der Waals surface area contributed by atoms with Crippen LogP contribution in [0.1, 0.15) is 90.4 Å². The molecule has 1 aromatic rings. The Bertz CT molecular complexity index is 601. The summed E-state index contributed by atoms with van der Waals surface area (Å²) in [7, 11) is 0. The number of alkyl halides is 3. The predicted molar refractivity (Wildman–Crippen MR) is 134 cm³/mol. The average Bonchev–Trinajstić information content (AvgIpc) is 2.90. The maximum Gasteiger partial charge on any atom is 0.406 e. The van der Waals surface area contributed by atoms with Gasteiger partial charge in [-0.2, -0.15) is 17.5 Å². The summed E-state index contributed by atoms with van der Waals surface area (Å²) >= 11 is 1.48. The van der Waals surface area contributed by atoms with Crippen molar-refractivity contribution in [2.45, 2.75) is 116 Å². The molecular weight excluding hydrogens is 437 g/mol. The van der Waals surface area contributed by atoms with E-state index >= 15 is 0 Å². The molecule has 32 heavy (non-hydrogen) atoms. The number of carbonyl (C=O) groups excluding carboxylic acids is 1. The Balaban J connectivity index is -0.000000227. The molecular formula is C23H49F3N4OS. The van der Waals surface area contributed by atoms with E-state index < -0.39 is 18.6 Å². The van der Waals surface area contributed by atoms with Crippen molar-refractivity contribution in [2.24, 2.45) is 11.8 Å². The molecule has 0 N–H and O–H groups in total. The average molecular weight is 487 g/mol. The van der Waals surface area contributed by atoms with Crippen LogP contribution in [-0.4, -0.2) is 51.0 Å². The monoisotopic (exact) mass is 486 g/mol. The van der Waals surface area contributed by atoms with Crippen LogP contribution in [0.4, 0.5) is 18.3 Å². The SMILES string of the molecule is C.C.C.CC(=O)N(CC(F)(F)F)C(C(C)C)C(C)C.Cc1nsc(N(C(C)C)C(C)C)n1. The van der Waals surface area contributed by atoms with Crippen LogP contribution in [0.2, 0.25) is 0 Å². The Morgan fingerprint density at radius 3 is 1.56 bits per heavy atom. The van der Waals surface area contributed by atoms with E-state index in [9.17, 15) is 18.0 Å². The first kappa shape index (κ1) is 37.9. The minimum atomic E-state index is -4.34. The quantitative estimate of drug-likeness (QED) is 0.401. The molecule has 194 valence electrons. The molecule has 5 nitrogen and oxygen atoms in total. The topological polar surface area (TPSA) is 49.3 Å². The summed E-state index contributed by atoms with van der Waals surface area (Å²) in [5, 5.41) is 1.03. The van der Waals surface area contributed by atoms with Gasteiger partial charge in [-0.3, -0.25) is 4.79 Å². The second-order valence-electron chi connectivity index (χ2n) is 8.46. The summed E-state index contributed by atoms with van der Waals surface area (Å²) in [6.45, 7) is 18.0. The molecule has 0 saturated heterocycles. The third-order valence-corrected chi connectivity index (χ3v) is 5.15. The second-order valence-corrected chi connectivity index (χ2v) is 9.19. The minimum absolute atomic E-state index is 0. The van der Waals surface area contributed by atoms with Gasteiger partial charge in [0.1, 0.15) is 12.4 Å². The zero-order chi connectivity index (χ0) is 23.1. The van der Waals surface area contributed by atoms with Gasteiger partial charge in [-0.25, -0.2) is 4.98 Å². The second kappa shape index (κ2) is 16.3. The van der Waals surface area contributed by atoms with Gasteiger partial charge in [0.05, 0.1) is 0 Å². The number of carbonyl (C=O) groups is 1. The van der Waals surface area contributed by atoms with Gasteiger partial charge in [0.25, 0.3) is 0 Å². The highest BCUT2D eigenvalue weighted by atomic mass is 32.1. The smallest absolute Gasteiger partial charge is 0.342 e. The lowest BCUT2D eigenvalue weighted by Gasteiger charge is -2.37. The first-order chi connectivity index (χ1) is 13.1. The number of aryl methyl sites for hydroxylation is 1. The summed E-state index contributed by atoms with van der Waals surface area (Å²) in [4.78, 5) is 18.9. The molecule has 0 bridgehead atoms. The largest absolute Gasteiger partial charge is 0.406 e. The number of hydrogen-bond donors (Lipinski definition) is 0. The van der Waals surface area contributed by atoms with Crippen LogP contribution >= 0.6 is 11.5 Å². The van der Waals surface area contributed by atoms with Crippen LogP contribution in [0.3, 0.4) is 0 Å². The molecule has 0 aliphatic rings. The standard InChI is InChI=1S/C11H20F3NO.C9H17N3S.3CH4/c1-7(2)10(8(3)4)15(9(5)16)6-11(12,13)14;1-6(2)12(7(3)4)9-10-8(5)11-13-9;;;/h7-8,10H,6H2,1-5H3;6-7H,1-5H3;3*1H4. The Hall–Kier alpha value is -1.38. The zero-order valence-corrected chi connectivity index (χ0v) is 20.1. The molecule has 0 saturated carbocycles. The van der Waals surface area contributed by atoms with Crippen LogP contribution in [0, 0.1) is 18.8 Å². The van der Waals surface area contributed by atoms with E-state index in [-0.39, 0.29) is 40.2 Å². The zero-order valence-electron chi connectivity index (χ0n) is 19.3. The number of halogens is 3. The van der Waals surface area contributed by atoms with E-state index in [0.717, 1.165) is 15.9 Å². The molecule has 0 spiro atoms. The molecule has 0 atom stereocenters. The molecule has 0 aromatic carbocycles. The normalized spacial score (nSPS) is 10.9. The van der Waals surface area contributed by atoms with E-state index in [1.807, 2.05) is 34.6 Å². The number of nitrogens with zero attached hydrogens (tertiary/aromatic N) is 4. The maximum atomic E-state index is 12.4. The van der Waals surface area contributed by atoms with Crippen LogP contribution in [0.15, 0.2) is 0 Å². The molecule has 1 rings (SSSR count). The summed E-state index contributed by atoms with van der Waals surface area (Å²) in [5.41, 5.74) is 0. The molecule has 0 aliphatic carbocycles. The Labute approximate surface area is 200 Å². The van der Waals surface area contributed by atoms with Gasteiger partial charge in [-0.15, -0.1) is 0 Å². The fraction of sp³-hybridized carbons (Fsp3) is 0.870. The first-order valence-electron chi connectivity index (χ1n) is 10.0. The van der Waals surface area contributed by atoms with Crippen LogP contribution in [0.5, 0.6) is 0 Å². The molecule has 0 unspecified atom stereocenters. The van der Waals surface area contributed by atoms with E-state index in [4.69, 9.17) is 0 Å². The van der Waals surface area contributed by atoms with Gasteiger partial charge in [0.2, 0.25) is 11.0 Å². The highest BCUT2D eigenvalue weighted by Crippen LogP contribution is 2.25. The van der Waals surface area contributed by atoms with Crippen LogP contribution in [-0.2, 0) is 4.79 Å². The highest BCUT2D eigenvalue weighted by molar-refractivity contribution is 7.09. The van der Waals surface area contributed by atoms with E-state index in [0.29, 0.717) is 12.1 Å². The van der Waals surface area contributed by atoms with Crippen molar-refractivity contribution in [3.05, 3.63) is 5.82 Å². The van der Waals surface area contributed by atoms with Gasteiger partial charge < -0.3 is 9.80 Å². The van der Waals surface area contributed by atoms with Crippen molar-refractivity contribution in [2.75, 3.05) is 11.4 Å². The number of rotatable bonds is 7. The maximum absolute atomic E-state index is 12.4. The van der Waals surface area contributed by atoms with Crippen molar-refractivity contribution < 1.29 is 18.0 Å². The molecule has 1 heterocycles. The number of hydrogen-bond acceptors (Lipinski definition) is 5. The third kappa shape index (κ3) is 13.2. The Morgan fingerprint density at radius 2 is 1.34 bits per heavy atom. The third-order valence-electron chi connectivity index (χ3n) is 4.33. The highest BCUT2D eigenvalue weighted by Gasteiger charge is 2.37. The van der Waals surface area contributed by atoms with Gasteiger partial charge in [-0.05, 0) is 46.5 Å². The van der Waals surface area contributed by atoms with Crippen LogP contribution in [0.25, 0.3) is 0 Å². The molecule has 1 amide bonds. The van der Waals surface area contributed by atoms with E-state index in [2.05, 4.69) is 42.0 Å². The lowest BCUT2D eigenvalue weighted by atomic mass is 9.91. The first-order valence-corrected chi connectivity index (χ1v) is 10.8. The summed E-state index contributed by atoms with van der Waals surface area (Å²) in [6.07, 6.45) is -4.34. The van der Waals surface area contributed by atoms with Gasteiger partial charge in [0, 0.05) is 36.6 Å². The number of aromatic nitrogens is 2. The predicted octanol–water partition coefficient (Wildman–Crippen LogP) is 7.46. The fourth-order valence-electron chi connectivity index (χ4n) is 3.54. The number of amides is 1. The van der Waals surface area contributed by atoms with Gasteiger partial charge in [-0.1, -0.05) is 50.0 Å². The lowest BCUT2D eigenvalue weighted by Crippen LogP contribution is -2.49. The Morgan fingerprint density at radius 1 is 0.938 bits per heavy atom. The van der Waals surface area contributed by atoms with Crippen molar-refractivity contribution in [1.82, 2.24) is 14.3 Å². The molecule has 0 fully saturated rings. The van der Waals surface area contributed by atoms with Crippen molar-refractivity contribution in [3.8, 4) is 0 Å². The number of anilines is 1. The summed E-state index contributed by atoms with van der Waals surface area (Å²) in [5.74, 6) is 0.355. The fourth-order valence-corrected chi connectivity index (χ4v) is 4.48. The Kier molecular flexibility index (Phi) is 19.3. The molecule has 0 radical (unpaired) electrons. The van der Waals surface area contributed by atoms with Crippen molar-refractivity contribution in [3.63, 3.8) is 0 Å². The minimum Gasteiger partial charge on any atom is -0.342 e. The summed E-state index contributed by atoms with van der Waals surface area (Å²) in [6, 6.07) is 0.582. The van der Waals surface area contributed by atoms with Crippen molar-refractivity contribution in [1.29, 1.82) is 0 Å². The molecule has 1 aromatic heterocycles. The molecule has 9 heteroatoms. The van der Waals surface area contributed by atoms with E-state index in [1.54, 1.807) is 0 Å². The molecule has 0 aliphatic heterocycles. The van der Waals surface area contributed by atoms with Crippen molar-refractivity contribution >= 4 is 22.6 Å². The summed E-state index contributed by atoms with van der Waals surface area (Å²) < 4.78 is 41.3. The van der Waals surface area contributed by atoms with Gasteiger partial charge in [0.15, 0.2) is 0 Å².